The molecule has 118 valence electrons. The molecule has 1 aromatic rings. The first-order valence-corrected chi connectivity index (χ1v) is 9.28. The van der Waals surface area contributed by atoms with E-state index in [1.165, 1.54) is 0 Å². The molecule has 1 aliphatic heterocycles. The van der Waals surface area contributed by atoms with E-state index < -0.39 is 10.0 Å². The summed E-state index contributed by atoms with van der Waals surface area (Å²) >= 11 is 3.32. The number of nitrogens with one attached hydrogen (secondary N) is 2. The Kier molecular flexibility index (Phi) is 5.65. The minimum Gasteiger partial charge on any atom is -0.496 e. The van der Waals surface area contributed by atoms with E-state index >= 15 is 0 Å². The van der Waals surface area contributed by atoms with Gasteiger partial charge in [-0.05, 0) is 72.9 Å². The summed E-state index contributed by atoms with van der Waals surface area (Å²) in [6.45, 7) is 3.80. The average Bonchev–Trinajstić information content (AvgIpc) is 2.47. The van der Waals surface area contributed by atoms with E-state index in [2.05, 4.69) is 26.0 Å². The van der Waals surface area contributed by atoms with Crippen LogP contribution in [0.25, 0.3) is 0 Å². The van der Waals surface area contributed by atoms with Gasteiger partial charge in [-0.1, -0.05) is 0 Å². The lowest BCUT2D eigenvalue weighted by Crippen LogP contribution is -2.44. The van der Waals surface area contributed by atoms with Gasteiger partial charge in [0, 0.05) is 6.04 Å². The quantitative estimate of drug-likeness (QED) is 0.825. The van der Waals surface area contributed by atoms with Crippen molar-refractivity contribution in [1.29, 1.82) is 0 Å². The molecule has 2 N–H and O–H groups in total. The van der Waals surface area contributed by atoms with E-state index in [0.29, 0.717) is 16.1 Å². The first-order chi connectivity index (χ1) is 9.94. The van der Waals surface area contributed by atoms with Crippen molar-refractivity contribution in [3.8, 4) is 5.75 Å². The van der Waals surface area contributed by atoms with Crippen LogP contribution in [0.1, 0.15) is 19.8 Å². The van der Waals surface area contributed by atoms with Gasteiger partial charge in [-0.3, -0.25) is 0 Å². The fourth-order valence-corrected chi connectivity index (χ4v) is 4.56. The molecule has 0 bridgehead atoms. The molecule has 0 aromatic heterocycles. The van der Waals surface area contributed by atoms with Gasteiger partial charge in [0.2, 0.25) is 10.0 Å². The maximum atomic E-state index is 12.4. The van der Waals surface area contributed by atoms with E-state index in [4.69, 9.17) is 4.74 Å². The van der Waals surface area contributed by atoms with Crippen molar-refractivity contribution < 1.29 is 13.2 Å². The van der Waals surface area contributed by atoms with Gasteiger partial charge >= 0.3 is 0 Å². The molecule has 1 fully saturated rings. The van der Waals surface area contributed by atoms with Crippen molar-refractivity contribution in [1.82, 2.24) is 10.0 Å². The lowest BCUT2D eigenvalue weighted by molar-refractivity contribution is 0.320. The number of piperidine rings is 1. The summed E-state index contributed by atoms with van der Waals surface area (Å²) in [5.41, 5.74) is 0. The Hall–Kier alpha value is -0.630. The summed E-state index contributed by atoms with van der Waals surface area (Å²) in [4.78, 5) is 0.241. The van der Waals surface area contributed by atoms with Gasteiger partial charge in [0.25, 0.3) is 0 Å². The maximum absolute atomic E-state index is 12.4. The third-order valence-electron chi connectivity index (χ3n) is 3.82. The Bertz CT molecular complexity index is 586. The molecule has 0 radical (unpaired) electrons. The highest BCUT2D eigenvalue weighted by atomic mass is 79.9. The molecule has 0 amide bonds. The number of rotatable bonds is 5. The molecule has 2 unspecified atom stereocenters. The van der Waals surface area contributed by atoms with E-state index in [9.17, 15) is 8.42 Å². The van der Waals surface area contributed by atoms with Gasteiger partial charge in [-0.25, -0.2) is 13.1 Å². The van der Waals surface area contributed by atoms with Crippen LogP contribution in [0.15, 0.2) is 27.6 Å². The number of sulfonamides is 1. The summed E-state index contributed by atoms with van der Waals surface area (Å²) < 4.78 is 33.4. The highest BCUT2D eigenvalue weighted by Gasteiger charge is 2.25. The second kappa shape index (κ2) is 7.09. The van der Waals surface area contributed by atoms with E-state index in [-0.39, 0.29) is 10.9 Å². The van der Waals surface area contributed by atoms with Crippen molar-refractivity contribution in [2.75, 3.05) is 20.2 Å². The van der Waals surface area contributed by atoms with Crippen LogP contribution in [0, 0.1) is 5.92 Å². The fraction of sp³-hybridized carbons (Fsp3) is 0.571. The van der Waals surface area contributed by atoms with Crippen molar-refractivity contribution in [3.05, 3.63) is 22.7 Å². The normalized spacial score (nSPS) is 21.0. The number of hydrogen-bond acceptors (Lipinski definition) is 4. The van der Waals surface area contributed by atoms with Gasteiger partial charge in [0.1, 0.15) is 5.75 Å². The average molecular weight is 377 g/mol. The molecule has 0 spiro atoms. The van der Waals surface area contributed by atoms with Gasteiger partial charge in [-0.2, -0.15) is 0 Å². The summed E-state index contributed by atoms with van der Waals surface area (Å²) in [5.74, 6) is 0.939. The largest absolute Gasteiger partial charge is 0.496 e. The van der Waals surface area contributed by atoms with E-state index in [1.54, 1.807) is 25.3 Å². The zero-order chi connectivity index (χ0) is 15.5. The molecule has 1 aromatic carbocycles. The van der Waals surface area contributed by atoms with Crippen LogP contribution in [-0.4, -0.2) is 34.7 Å². The fourth-order valence-electron chi connectivity index (χ4n) is 2.53. The van der Waals surface area contributed by atoms with Crippen LogP contribution in [0.3, 0.4) is 0 Å². The van der Waals surface area contributed by atoms with E-state index in [0.717, 1.165) is 25.9 Å². The van der Waals surface area contributed by atoms with Gasteiger partial charge in [0.05, 0.1) is 16.5 Å². The molecule has 21 heavy (non-hydrogen) atoms. The van der Waals surface area contributed by atoms with Crippen molar-refractivity contribution >= 4 is 26.0 Å². The molecule has 0 aliphatic carbocycles. The van der Waals surface area contributed by atoms with Gasteiger partial charge < -0.3 is 10.1 Å². The minimum absolute atomic E-state index is 0.0938. The molecular formula is C14H21BrN2O3S. The predicted molar refractivity (Wildman–Crippen MR) is 86.1 cm³/mol. The molecule has 2 rings (SSSR count). The molecular weight excluding hydrogens is 356 g/mol. The Morgan fingerprint density at radius 1 is 1.48 bits per heavy atom. The second-order valence-corrected chi connectivity index (χ2v) is 7.88. The highest BCUT2D eigenvalue weighted by molar-refractivity contribution is 9.10. The third-order valence-corrected chi connectivity index (χ3v) is 5.99. The number of benzene rings is 1. The van der Waals surface area contributed by atoms with Crippen LogP contribution in [0.4, 0.5) is 0 Å². The van der Waals surface area contributed by atoms with Gasteiger partial charge in [-0.15, -0.1) is 0 Å². The van der Waals surface area contributed by atoms with Crippen LogP contribution in [-0.2, 0) is 10.0 Å². The Labute approximate surface area is 134 Å². The van der Waals surface area contributed by atoms with Crippen molar-refractivity contribution in [3.63, 3.8) is 0 Å². The molecule has 5 nitrogen and oxygen atoms in total. The molecule has 2 atom stereocenters. The lowest BCUT2D eigenvalue weighted by atomic mass is 9.94. The standard InChI is InChI=1S/C14H21BrN2O3S/c1-10(11-4-3-7-16-9-11)17-21(18,19)12-5-6-14(20-2)13(15)8-12/h5-6,8,10-11,16-17H,3-4,7,9H2,1-2H3. The first kappa shape index (κ1) is 16.7. The maximum Gasteiger partial charge on any atom is 0.240 e. The molecule has 1 aliphatic rings. The van der Waals surface area contributed by atoms with Crippen LogP contribution in [0.2, 0.25) is 0 Å². The Balaban J connectivity index is 2.12. The number of hydrogen-bond donors (Lipinski definition) is 2. The zero-order valence-corrected chi connectivity index (χ0v) is 14.6. The third kappa shape index (κ3) is 4.18. The van der Waals surface area contributed by atoms with Crippen LogP contribution in [0.5, 0.6) is 5.75 Å². The molecule has 7 heteroatoms. The number of methoxy groups -OCH3 is 1. The summed E-state index contributed by atoms with van der Waals surface area (Å²) in [6.07, 6.45) is 2.13. The van der Waals surface area contributed by atoms with Crippen molar-refractivity contribution in [2.24, 2.45) is 5.92 Å². The van der Waals surface area contributed by atoms with Crippen molar-refractivity contribution in [2.45, 2.75) is 30.7 Å². The number of ether oxygens (including phenoxy) is 1. The Morgan fingerprint density at radius 3 is 2.81 bits per heavy atom. The summed E-state index contributed by atoms with van der Waals surface area (Å²) in [7, 11) is -1.97. The molecule has 1 heterocycles. The van der Waals surface area contributed by atoms with Crippen LogP contribution >= 0.6 is 15.9 Å². The topological polar surface area (TPSA) is 67.4 Å². The Morgan fingerprint density at radius 2 is 2.24 bits per heavy atom. The monoisotopic (exact) mass is 376 g/mol. The smallest absolute Gasteiger partial charge is 0.240 e. The molecule has 0 saturated carbocycles. The summed E-state index contributed by atoms with van der Waals surface area (Å²) in [6, 6.07) is 4.67. The number of halogens is 1. The highest BCUT2D eigenvalue weighted by Crippen LogP contribution is 2.27. The predicted octanol–water partition coefficient (Wildman–Crippen LogP) is 2.12. The second-order valence-electron chi connectivity index (χ2n) is 5.31. The lowest BCUT2D eigenvalue weighted by Gasteiger charge is -2.28. The molecule has 1 saturated heterocycles. The first-order valence-electron chi connectivity index (χ1n) is 7.00. The SMILES string of the molecule is COc1ccc(S(=O)(=O)NC(C)C2CCCNC2)cc1Br. The zero-order valence-electron chi connectivity index (χ0n) is 12.2. The van der Waals surface area contributed by atoms with Gasteiger partial charge in [0.15, 0.2) is 0 Å². The van der Waals surface area contributed by atoms with E-state index in [1.807, 2.05) is 6.92 Å². The summed E-state index contributed by atoms with van der Waals surface area (Å²) in [5, 5.41) is 3.31. The minimum atomic E-state index is -3.52. The van der Waals surface area contributed by atoms with Crippen LogP contribution < -0.4 is 14.8 Å².